The van der Waals surface area contributed by atoms with Gasteiger partial charge in [-0.15, -0.1) is 0 Å². The number of rotatable bonds is 11. The summed E-state index contributed by atoms with van der Waals surface area (Å²) in [5.74, 6) is -0.538. The highest BCUT2D eigenvalue weighted by Gasteiger charge is 2.20. The van der Waals surface area contributed by atoms with E-state index in [1.54, 1.807) is 27.3 Å². The molecule has 0 spiro atoms. The van der Waals surface area contributed by atoms with E-state index in [9.17, 15) is 19.5 Å². The molecule has 0 unspecified atom stereocenters. The molecule has 0 radical (unpaired) electrons. The lowest BCUT2D eigenvalue weighted by Gasteiger charge is -2.11. The summed E-state index contributed by atoms with van der Waals surface area (Å²) in [6.45, 7) is 5.03. The van der Waals surface area contributed by atoms with Gasteiger partial charge in [-0.3, -0.25) is 13.9 Å². The molecule has 0 aliphatic heterocycles. The van der Waals surface area contributed by atoms with E-state index < -0.39 is 5.97 Å². The summed E-state index contributed by atoms with van der Waals surface area (Å²) in [7, 11) is 0. The summed E-state index contributed by atoms with van der Waals surface area (Å²) in [4.78, 5) is 37.4. The molecule has 0 saturated carbocycles. The number of benzene rings is 3. The Hall–Kier alpha value is -4.19. The minimum atomic E-state index is -0.973. The van der Waals surface area contributed by atoms with E-state index >= 15 is 0 Å². The lowest BCUT2D eigenvalue weighted by molar-refractivity contribution is 0.0697. The Morgan fingerprint density at radius 2 is 1.54 bits per heavy atom. The molecule has 6 heteroatoms. The van der Waals surface area contributed by atoms with Gasteiger partial charge < -0.3 is 5.11 Å². The minimum absolute atomic E-state index is 0.183. The Labute approximate surface area is 216 Å². The predicted octanol–water partition coefficient (Wildman–Crippen LogP) is 5.71. The van der Waals surface area contributed by atoms with Crippen molar-refractivity contribution in [1.82, 2.24) is 9.13 Å². The topological polar surface area (TPSA) is 81.3 Å². The van der Waals surface area contributed by atoms with Crippen molar-refractivity contribution in [2.24, 2.45) is 5.92 Å². The van der Waals surface area contributed by atoms with Gasteiger partial charge in [-0.1, -0.05) is 86.6 Å². The zero-order chi connectivity index (χ0) is 26.4. The average molecular weight is 497 g/mol. The maximum atomic E-state index is 13.5. The quantitative estimate of drug-likeness (QED) is 0.270. The maximum absolute atomic E-state index is 13.5. The number of aldehydes is 1. The summed E-state index contributed by atoms with van der Waals surface area (Å²) in [5.41, 5.74) is 4.73. The molecule has 1 N–H and O–H groups in total. The van der Waals surface area contributed by atoms with Crippen molar-refractivity contribution < 1.29 is 14.7 Å². The third kappa shape index (κ3) is 5.97. The Bertz CT molecular complexity index is 1430. The zero-order valence-corrected chi connectivity index (χ0v) is 21.3. The van der Waals surface area contributed by atoms with E-state index in [0.29, 0.717) is 43.1 Å². The Morgan fingerprint density at radius 1 is 0.865 bits per heavy atom. The number of imidazole rings is 1. The summed E-state index contributed by atoms with van der Waals surface area (Å²) in [6, 6.07) is 24.4. The molecule has 0 saturated heterocycles. The lowest BCUT2D eigenvalue weighted by atomic mass is 9.98. The second-order valence-electron chi connectivity index (χ2n) is 9.69. The minimum Gasteiger partial charge on any atom is -0.478 e. The highest BCUT2D eigenvalue weighted by molar-refractivity contribution is 5.96. The van der Waals surface area contributed by atoms with Crippen molar-refractivity contribution in [3.8, 4) is 11.1 Å². The molecule has 37 heavy (non-hydrogen) atoms. The molecule has 0 atom stereocenters. The number of nitrogens with zero attached hydrogens (tertiary/aromatic N) is 2. The van der Waals surface area contributed by atoms with Crippen molar-refractivity contribution in [3.63, 3.8) is 0 Å². The first kappa shape index (κ1) is 25.9. The van der Waals surface area contributed by atoms with Crippen LogP contribution < -0.4 is 5.69 Å². The number of aromatic nitrogens is 2. The number of carbonyl (C=O) groups is 2. The fourth-order valence-electron chi connectivity index (χ4n) is 4.64. The van der Waals surface area contributed by atoms with Crippen molar-refractivity contribution in [3.05, 3.63) is 117 Å². The van der Waals surface area contributed by atoms with Crippen LogP contribution in [0.1, 0.15) is 57.9 Å². The summed E-state index contributed by atoms with van der Waals surface area (Å²) in [5, 5.41) is 9.53. The molecule has 4 rings (SSSR count). The van der Waals surface area contributed by atoms with Gasteiger partial charge >= 0.3 is 11.7 Å². The molecule has 1 aromatic heterocycles. The van der Waals surface area contributed by atoms with Crippen LogP contribution in [-0.4, -0.2) is 26.5 Å². The molecule has 0 aliphatic carbocycles. The van der Waals surface area contributed by atoms with Crippen LogP contribution in [0.2, 0.25) is 0 Å². The molecule has 1 heterocycles. The largest absolute Gasteiger partial charge is 0.478 e. The molecule has 0 aliphatic rings. The van der Waals surface area contributed by atoms with Crippen LogP contribution in [0.3, 0.4) is 0 Å². The van der Waals surface area contributed by atoms with Gasteiger partial charge in [-0.05, 0) is 53.5 Å². The number of carboxylic acid groups (broad SMARTS) is 1. The molecule has 190 valence electrons. The number of hydrogen-bond acceptors (Lipinski definition) is 3. The molecular weight excluding hydrogens is 464 g/mol. The van der Waals surface area contributed by atoms with Crippen molar-refractivity contribution >= 4 is 12.3 Å². The Balaban J connectivity index is 1.66. The van der Waals surface area contributed by atoms with Gasteiger partial charge in [0.1, 0.15) is 5.69 Å². The van der Waals surface area contributed by atoms with Crippen LogP contribution in [0.5, 0.6) is 0 Å². The van der Waals surface area contributed by atoms with E-state index in [-0.39, 0.29) is 11.3 Å². The van der Waals surface area contributed by atoms with E-state index in [0.717, 1.165) is 35.1 Å². The lowest BCUT2D eigenvalue weighted by Crippen LogP contribution is -2.26. The maximum Gasteiger partial charge on any atom is 0.336 e. The van der Waals surface area contributed by atoms with Gasteiger partial charge in [-0.2, -0.15) is 0 Å². The third-order valence-corrected chi connectivity index (χ3v) is 6.67. The first-order valence-electron chi connectivity index (χ1n) is 12.6. The van der Waals surface area contributed by atoms with Gasteiger partial charge in [0, 0.05) is 6.54 Å². The number of aryl methyl sites for hydroxylation is 1. The smallest absolute Gasteiger partial charge is 0.336 e. The molecule has 0 bridgehead atoms. The van der Waals surface area contributed by atoms with Crippen LogP contribution in [-0.2, 0) is 25.9 Å². The van der Waals surface area contributed by atoms with Gasteiger partial charge in [0.2, 0.25) is 0 Å². The zero-order valence-electron chi connectivity index (χ0n) is 21.3. The second kappa shape index (κ2) is 11.7. The summed E-state index contributed by atoms with van der Waals surface area (Å²) < 4.78 is 3.32. The predicted molar refractivity (Wildman–Crippen MR) is 145 cm³/mol. The van der Waals surface area contributed by atoms with E-state index in [2.05, 4.69) is 13.8 Å². The van der Waals surface area contributed by atoms with Gasteiger partial charge in [-0.25, -0.2) is 9.59 Å². The number of aromatic carboxylic acids is 1. The first-order valence-corrected chi connectivity index (χ1v) is 12.6. The van der Waals surface area contributed by atoms with E-state index in [1.165, 1.54) is 0 Å². The normalized spacial score (nSPS) is 11.1. The van der Waals surface area contributed by atoms with Crippen molar-refractivity contribution in [2.75, 3.05) is 0 Å². The molecule has 6 nitrogen and oxygen atoms in total. The molecule has 0 fully saturated rings. The molecule has 4 aromatic rings. The fraction of sp³-hybridized carbons (Fsp3) is 0.258. The summed E-state index contributed by atoms with van der Waals surface area (Å²) >= 11 is 0. The van der Waals surface area contributed by atoms with Crippen LogP contribution in [0.15, 0.2) is 83.7 Å². The van der Waals surface area contributed by atoms with Crippen LogP contribution >= 0.6 is 0 Å². The molecule has 3 aromatic carbocycles. The van der Waals surface area contributed by atoms with Crippen LogP contribution in [0.4, 0.5) is 0 Å². The van der Waals surface area contributed by atoms with Crippen LogP contribution in [0.25, 0.3) is 11.1 Å². The fourth-order valence-corrected chi connectivity index (χ4v) is 4.64. The monoisotopic (exact) mass is 496 g/mol. The van der Waals surface area contributed by atoms with E-state index in [1.807, 2.05) is 60.7 Å². The van der Waals surface area contributed by atoms with Crippen molar-refractivity contribution in [2.45, 2.75) is 46.2 Å². The Kier molecular flexibility index (Phi) is 8.18. The third-order valence-electron chi connectivity index (χ3n) is 6.67. The van der Waals surface area contributed by atoms with Crippen molar-refractivity contribution in [1.29, 1.82) is 0 Å². The van der Waals surface area contributed by atoms with Gasteiger partial charge in [0.15, 0.2) is 6.29 Å². The number of carbonyl (C=O) groups excluding carboxylic acids is 1. The number of carboxylic acids is 1. The second-order valence-corrected chi connectivity index (χ2v) is 9.69. The average Bonchev–Trinajstić information content (AvgIpc) is 3.16. The van der Waals surface area contributed by atoms with Crippen LogP contribution in [0, 0.1) is 5.92 Å². The number of hydrogen-bond donors (Lipinski definition) is 1. The standard InChI is InChI=1S/C31H32N2O4/c1-22(2)12-17-28-29(21-34)32(19-18-23-8-4-3-5-9-23)31(37)33(28)20-24-13-15-25(16-14-24)26-10-6-7-11-27(26)30(35)36/h3-11,13-16,21-22H,12,17-20H2,1-2H3,(H,35,36). The highest BCUT2D eigenvalue weighted by Crippen LogP contribution is 2.25. The highest BCUT2D eigenvalue weighted by atomic mass is 16.4. The van der Waals surface area contributed by atoms with Gasteiger partial charge in [0.05, 0.1) is 17.8 Å². The van der Waals surface area contributed by atoms with E-state index in [4.69, 9.17) is 0 Å². The first-order chi connectivity index (χ1) is 17.9. The van der Waals surface area contributed by atoms with Gasteiger partial charge in [0.25, 0.3) is 0 Å². The Morgan fingerprint density at radius 3 is 2.19 bits per heavy atom. The molecular formula is C31H32N2O4. The molecule has 0 amide bonds. The summed E-state index contributed by atoms with van der Waals surface area (Å²) in [6.07, 6.45) is 2.98. The SMILES string of the molecule is CC(C)CCc1c(C=O)n(CCc2ccccc2)c(=O)n1Cc1ccc(-c2ccccc2C(=O)O)cc1.